The summed E-state index contributed by atoms with van der Waals surface area (Å²) in [6, 6.07) is 8.29. The molecule has 0 aliphatic heterocycles. The smallest absolute Gasteiger partial charge is 0.155 e. The molecule has 1 atom stereocenters. The monoisotopic (exact) mass is 252 g/mol. The normalized spacial score (nSPS) is 13.0. The lowest BCUT2D eigenvalue weighted by Gasteiger charge is -2.09. The van der Waals surface area contributed by atoms with Crippen LogP contribution in [0.1, 0.15) is 24.5 Å². The van der Waals surface area contributed by atoms with Crippen LogP contribution in [0.4, 0.5) is 0 Å². The van der Waals surface area contributed by atoms with Crippen LogP contribution in [0.3, 0.4) is 0 Å². The fourth-order valence-corrected chi connectivity index (χ4v) is 3.18. The third-order valence-electron chi connectivity index (χ3n) is 2.44. The zero-order chi connectivity index (χ0) is 12.9. The van der Waals surface area contributed by atoms with Crippen LogP contribution < -0.4 is 5.73 Å². The lowest BCUT2D eigenvalue weighted by Crippen LogP contribution is -2.29. The van der Waals surface area contributed by atoms with Crippen molar-refractivity contribution < 1.29 is 8.42 Å². The standard InChI is InChI=1S/C12H16N2O2S/c1-2-12(14)9-17(15,16)8-11-5-3-4-10(6-11)7-13/h3-6,12H,2,8-9,14H2,1H3. The molecule has 1 unspecified atom stereocenters. The van der Waals surface area contributed by atoms with Gasteiger partial charge in [0.1, 0.15) is 0 Å². The predicted octanol–water partition coefficient (Wildman–Crippen LogP) is 1.21. The van der Waals surface area contributed by atoms with Crippen molar-refractivity contribution in [2.24, 2.45) is 5.73 Å². The largest absolute Gasteiger partial charge is 0.327 e. The summed E-state index contributed by atoms with van der Waals surface area (Å²) in [6.45, 7) is 1.86. The van der Waals surface area contributed by atoms with E-state index in [1.165, 1.54) is 0 Å². The van der Waals surface area contributed by atoms with Crippen molar-refractivity contribution in [1.82, 2.24) is 0 Å². The topological polar surface area (TPSA) is 84.0 Å². The van der Waals surface area contributed by atoms with E-state index in [4.69, 9.17) is 11.0 Å². The average Bonchev–Trinajstić information content (AvgIpc) is 2.27. The second-order valence-electron chi connectivity index (χ2n) is 4.04. The summed E-state index contributed by atoms with van der Waals surface area (Å²) in [5, 5.41) is 8.72. The van der Waals surface area contributed by atoms with Crippen LogP contribution in [0.5, 0.6) is 0 Å². The third-order valence-corrected chi connectivity index (χ3v) is 4.14. The van der Waals surface area contributed by atoms with Gasteiger partial charge >= 0.3 is 0 Å². The molecule has 0 fully saturated rings. The first kappa shape index (κ1) is 13.7. The Morgan fingerprint density at radius 1 is 1.47 bits per heavy atom. The minimum absolute atomic E-state index is 0.0136. The molecule has 0 amide bonds. The summed E-state index contributed by atoms with van der Waals surface area (Å²) < 4.78 is 23.6. The number of nitrogens with zero attached hydrogens (tertiary/aromatic N) is 1. The van der Waals surface area contributed by atoms with E-state index >= 15 is 0 Å². The first-order valence-corrected chi connectivity index (χ1v) is 7.24. The molecule has 17 heavy (non-hydrogen) atoms. The van der Waals surface area contributed by atoms with Crippen LogP contribution in [0.15, 0.2) is 24.3 Å². The number of hydrogen-bond acceptors (Lipinski definition) is 4. The van der Waals surface area contributed by atoms with Gasteiger partial charge in [-0.25, -0.2) is 8.42 Å². The first-order valence-electron chi connectivity index (χ1n) is 5.42. The molecule has 92 valence electrons. The Hall–Kier alpha value is -1.38. The average molecular weight is 252 g/mol. The molecule has 0 saturated carbocycles. The predicted molar refractivity (Wildman–Crippen MR) is 66.9 cm³/mol. The van der Waals surface area contributed by atoms with Crippen molar-refractivity contribution in [2.45, 2.75) is 25.1 Å². The molecule has 0 heterocycles. The van der Waals surface area contributed by atoms with Crippen LogP contribution in [0, 0.1) is 11.3 Å². The van der Waals surface area contributed by atoms with Crippen LogP contribution in [-0.2, 0) is 15.6 Å². The van der Waals surface area contributed by atoms with E-state index in [0.29, 0.717) is 17.5 Å². The van der Waals surface area contributed by atoms with Crippen LogP contribution in [0.2, 0.25) is 0 Å². The van der Waals surface area contributed by atoms with Gasteiger partial charge in [0.2, 0.25) is 0 Å². The molecular weight excluding hydrogens is 236 g/mol. The molecule has 0 aliphatic rings. The van der Waals surface area contributed by atoms with Crippen molar-refractivity contribution in [1.29, 1.82) is 5.26 Å². The number of nitrogens with two attached hydrogens (primary N) is 1. The Labute approximate surface area is 102 Å². The van der Waals surface area contributed by atoms with E-state index in [1.807, 2.05) is 13.0 Å². The SMILES string of the molecule is CCC(N)CS(=O)(=O)Cc1cccc(C#N)c1. The van der Waals surface area contributed by atoms with Crippen molar-refractivity contribution in [3.8, 4) is 6.07 Å². The van der Waals surface area contributed by atoms with E-state index < -0.39 is 9.84 Å². The zero-order valence-electron chi connectivity index (χ0n) is 9.76. The summed E-state index contributed by atoms with van der Waals surface area (Å²) in [4.78, 5) is 0. The van der Waals surface area contributed by atoms with Gasteiger partial charge in [-0.15, -0.1) is 0 Å². The maximum Gasteiger partial charge on any atom is 0.155 e. The van der Waals surface area contributed by atoms with Crippen molar-refractivity contribution in [3.05, 3.63) is 35.4 Å². The van der Waals surface area contributed by atoms with E-state index in [9.17, 15) is 8.42 Å². The van der Waals surface area contributed by atoms with Gasteiger partial charge in [0.05, 0.1) is 23.1 Å². The number of rotatable bonds is 5. The van der Waals surface area contributed by atoms with Gasteiger partial charge in [-0.3, -0.25) is 0 Å². The number of hydrogen-bond donors (Lipinski definition) is 1. The van der Waals surface area contributed by atoms with Gasteiger partial charge in [-0.05, 0) is 24.1 Å². The lowest BCUT2D eigenvalue weighted by molar-refractivity contribution is 0.583. The number of sulfone groups is 1. The molecule has 0 spiro atoms. The van der Waals surface area contributed by atoms with E-state index in [0.717, 1.165) is 0 Å². The lowest BCUT2D eigenvalue weighted by atomic mass is 10.2. The van der Waals surface area contributed by atoms with Gasteiger partial charge in [-0.1, -0.05) is 19.1 Å². The highest BCUT2D eigenvalue weighted by atomic mass is 32.2. The minimum Gasteiger partial charge on any atom is -0.327 e. The molecule has 0 aliphatic carbocycles. The Balaban J connectivity index is 2.80. The minimum atomic E-state index is -3.21. The molecule has 0 bridgehead atoms. The fourth-order valence-electron chi connectivity index (χ4n) is 1.49. The van der Waals surface area contributed by atoms with E-state index in [-0.39, 0.29) is 17.5 Å². The highest BCUT2D eigenvalue weighted by Gasteiger charge is 2.16. The number of nitriles is 1. The molecule has 5 heteroatoms. The van der Waals surface area contributed by atoms with Gasteiger partial charge in [0, 0.05) is 6.04 Å². The van der Waals surface area contributed by atoms with E-state index in [2.05, 4.69) is 0 Å². The highest BCUT2D eigenvalue weighted by Crippen LogP contribution is 2.10. The maximum atomic E-state index is 11.8. The van der Waals surface area contributed by atoms with Crippen molar-refractivity contribution >= 4 is 9.84 Å². The van der Waals surface area contributed by atoms with Gasteiger partial charge in [0.15, 0.2) is 9.84 Å². The number of benzene rings is 1. The maximum absolute atomic E-state index is 11.8. The quantitative estimate of drug-likeness (QED) is 0.853. The molecule has 4 nitrogen and oxygen atoms in total. The second kappa shape index (κ2) is 5.80. The second-order valence-corrected chi connectivity index (χ2v) is 6.14. The Morgan fingerprint density at radius 3 is 2.76 bits per heavy atom. The molecule has 1 aromatic carbocycles. The molecule has 0 aromatic heterocycles. The van der Waals surface area contributed by atoms with Gasteiger partial charge in [0.25, 0.3) is 0 Å². The molecule has 2 N–H and O–H groups in total. The molecule has 1 rings (SSSR count). The summed E-state index contributed by atoms with van der Waals surface area (Å²) in [7, 11) is -3.21. The van der Waals surface area contributed by atoms with E-state index in [1.54, 1.807) is 24.3 Å². The summed E-state index contributed by atoms with van der Waals surface area (Å²) >= 11 is 0. The van der Waals surface area contributed by atoms with Crippen molar-refractivity contribution in [2.75, 3.05) is 5.75 Å². The van der Waals surface area contributed by atoms with Gasteiger partial charge < -0.3 is 5.73 Å². The molecule has 1 aromatic rings. The van der Waals surface area contributed by atoms with Crippen molar-refractivity contribution in [3.63, 3.8) is 0 Å². The van der Waals surface area contributed by atoms with Crippen LogP contribution >= 0.6 is 0 Å². The van der Waals surface area contributed by atoms with Crippen LogP contribution in [0.25, 0.3) is 0 Å². The Bertz CT molecular complexity index is 518. The molecule has 0 radical (unpaired) electrons. The van der Waals surface area contributed by atoms with Gasteiger partial charge in [-0.2, -0.15) is 5.26 Å². The highest BCUT2D eigenvalue weighted by molar-refractivity contribution is 7.90. The zero-order valence-corrected chi connectivity index (χ0v) is 10.6. The summed E-state index contributed by atoms with van der Waals surface area (Å²) in [5.41, 5.74) is 6.74. The molecule has 0 saturated heterocycles. The Morgan fingerprint density at radius 2 is 2.18 bits per heavy atom. The third kappa shape index (κ3) is 4.55. The molecular formula is C12H16N2O2S. The Kier molecular flexibility index (Phi) is 4.67. The summed E-state index contributed by atoms with van der Waals surface area (Å²) in [6.07, 6.45) is 0.636. The van der Waals surface area contributed by atoms with Crippen LogP contribution in [-0.4, -0.2) is 20.2 Å². The fraction of sp³-hybridized carbons (Fsp3) is 0.417. The first-order chi connectivity index (χ1) is 7.96. The summed E-state index contributed by atoms with van der Waals surface area (Å²) in [5.74, 6) is -0.0729.